The van der Waals surface area contributed by atoms with Crippen molar-refractivity contribution in [1.29, 1.82) is 0 Å². The number of allylic oxidation sites excluding steroid dienone is 6. The number of ketones is 1. The number of carboxylic acids is 1. The Labute approximate surface area is 178 Å². The van der Waals surface area contributed by atoms with E-state index in [0.29, 0.717) is 19.3 Å². The summed E-state index contributed by atoms with van der Waals surface area (Å²) >= 11 is 0. The Morgan fingerprint density at radius 2 is 2.00 bits per heavy atom. The monoisotopic (exact) mass is 412 g/mol. The second-order valence-corrected chi connectivity index (χ2v) is 10.0. The fourth-order valence-corrected chi connectivity index (χ4v) is 6.57. The number of carbonyl (C=O) groups excluding carboxylic acids is 2. The summed E-state index contributed by atoms with van der Waals surface area (Å²) in [7, 11) is 1.43. The van der Waals surface area contributed by atoms with Crippen LogP contribution in [0.15, 0.2) is 34.4 Å². The number of hydrogen-bond donors (Lipinski definition) is 1. The zero-order valence-corrected chi connectivity index (χ0v) is 18.3. The van der Waals surface area contributed by atoms with Gasteiger partial charge < -0.3 is 9.84 Å². The lowest BCUT2D eigenvalue weighted by molar-refractivity contribution is -0.142. The lowest BCUT2D eigenvalue weighted by Crippen LogP contribution is -2.42. The van der Waals surface area contributed by atoms with Gasteiger partial charge in [0, 0.05) is 30.6 Å². The van der Waals surface area contributed by atoms with Crippen molar-refractivity contribution in [2.75, 3.05) is 7.11 Å². The molecule has 0 aliphatic heterocycles. The van der Waals surface area contributed by atoms with Gasteiger partial charge >= 0.3 is 11.9 Å². The summed E-state index contributed by atoms with van der Waals surface area (Å²) in [6.07, 6.45) is 10.4. The van der Waals surface area contributed by atoms with Crippen molar-refractivity contribution in [3.63, 3.8) is 0 Å². The van der Waals surface area contributed by atoms with Gasteiger partial charge in [0.15, 0.2) is 5.78 Å². The summed E-state index contributed by atoms with van der Waals surface area (Å²) in [5, 5.41) is 9.21. The van der Waals surface area contributed by atoms with E-state index in [2.05, 4.69) is 19.9 Å². The number of hydrogen-bond acceptors (Lipinski definition) is 4. The van der Waals surface area contributed by atoms with E-state index in [0.717, 1.165) is 32.1 Å². The van der Waals surface area contributed by atoms with Crippen LogP contribution in [0.2, 0.25) is 0 Å². The summed E-state index contributed by atoms with van der Waals surface area (Å²) < 4.78 is 5.01. The maximum Gasteiger partial charge on any atom is 0.305 e. The van der Waals surface area contributed by atoms with Crippen molar-refractivity contribution in [2.24, 2.45) is 22.7 Å². The average Bonchev–Trinajstić information content (AvgIpc) is 3.05. The average molecular weight is 413 g/mol. The summed E-state index contributed by atoms with van der Waals surface area (Å²) in [6.45, 7) is 4.48. The summed E-state index contributed by atoms with van der Waals surface area (Å²) in [5.41, 5.74) is 5.20. The van der Waals surface area contributed by atoms with Crippen molar-refractivity contribution in [3.05, 3.63) is 34.4 Å². The first kappa shape index (κ1) is 21.1. The van der Waals surface area contributed by atoms with Gasteiger partial charge in [0.05, 0.1) is 7.11 Å². The number of rotatable bonds is 5. The van der Waals surface area contributed by atoms with E-state index in [1.165, 1.54) is 29.4 Å². The highest BCUT2D eigenvalue weighted by molar-refractivity contribution is 5.92. The van der Waals surface area contributed by atoms with Gasteiger partial charge in [0.1, 0.15) is 0 Å². The zero-order chi connectivity index (χ0) is 21.7. The van der Waals surface area contributed by atoms with Crippen molar-refractivity contribution in [3.8, 4) is 0 Å². The third-order valence-corrected chi connectivity index (χ3v) is 8.35. The number of carbonyl (C=O) groups is 3. The first-order valence-electron chi connectivity index (χ1n) is 11.1. The highest BCUT2D eigenvalue weighted by Crippen LogP contribution is 2.63. The first-order chi connectivity index (χ1) is 14.2. The molecule has 0 radical (unpaired) electrons. The predicted octanol–water partition coefficient (Wildman–Crippen LogP) is 4.77. The molecule has 4 aliphatic rings. The Morgan fingerprint density at radius 1 is 1.23 bits per heavy atom. The van der Waals surface area contributed by atoms with Crippen LogP contribution < -0.4 is 0 Å². The van der Waals surface area contributed by atoms with Crippen LogP contribution in [-0.4, -0.2) is 29.9 Å². The van der Waals surface area contributed by atoms with Gasteiger partial charge in [-0.3, -0.25) is 14.4 Å². The molecule has 5 nitrogen and oxygen atoms in total. The molecule has 0 amide bonds. The minimum absolute atomic E-state index is 0.0783. The Bertz CT molecular complexity index is 891. The molecule has 0 heterocycles. The summed E-state index contributed by atoms with van der Waals surface area (Å²) in [6, 6.07) is 0. The second-order valence-electron chi connectivity index (χ2n) is 10.0. The van der Waals surface area contributed by atoms with Crippen molar-refractivity contribution in [1.82, 2.24) is 0 Å². The van der Waals surface area contributed by atoms with E-state index >= 15 is 0 Å². The van der Waals surface area contributed by atoms with E-state index < -0.39 is 5.97 Å². The van der Waals surface area contributed by atoms with Gasteiger partial charge in [-0.2, -0.15) is 0 Å². The maximum atomic E-state index is 12.2. The molecule has 5 heteroatoms. The van der Waals surface area contributed by atoms with Gasteiger partial charge in [0.2, 0.25) is 0 Å². The zero-order valence-electron chi connectivity index (χ0n) is 18.3. The normalized spacial score (nSPS) is 35.1. The number of aliphatic carboxylic acids is 1. The molecule has 4 aliphatic carbocycles. The van der Waals surface area contributed by atoms with Crippen LogP contribution in [0.1, 0.15) is 71.6 Å². The molecule has 30 heavy (non-hydrogen) atoms. The number of methoxy groups -OCH3 is 1. The van der Waals surface area contributed by atoms with Crippen LogP contribution in [0.3, 0.4) is 0 Å². The topological polar surface area (TPSA) is 80.7 Å². The smallest absolute Gasteiger partial charge is 0.305 e. The molecule has 162 valence electrons. The molecule has 1 fully saturated rings. The van der Waals surface area contributed by atoms with Gasteiger partial charge in [-0.25, -0.2) is 0 Å². The van der Waals surface area contributed by atoms with Gasteiger partial charge in [-0.1, -0.05) is 42.2 Å². The minimum Gasteiger partial charge on any atom is -0.481 e. The molecule has 0 spiro atoms. The second kappa shape index (κ2) is 7.51. The molecule has 0 aromatic heterocycles. The van der Waals surface area contributed by atoms with E-state index in [-0.39, 0.29) is 40.8 Å². The molecule has 4 atom stereocenters. The van der Waals surface area contributed by atoms with Crippen LogP contribution in [-0.2, 0) is 19.1 Å². The van der Waals surface area contributed by atoms with E-state index in [1.54, 1.807) is 0 Å². The van der Waals surface area contributed by atoms with E-state index in [4.69, 9.17) is 4.74 Å². The quantitative estimate of drug-likeness (QED) is 0.519. The standard InChI is InChI=1S/C25H32O5/c1-24(10-8-21(27)28)9-7-18-19(24)4-5-20-23(18)15(13-22(29)30-3)12-16-14-17(26)6-11-25(16,20)2/h5,14-15,23H,4,6-13H2,1-3H3,(H,27,28)/t15-,23?,24-,25-/m0/s1. The van der Waals surface area contributed by atoms with E-state index in [9.17, 15) is 19.5 Å². The molecule has 4 rings (SSSR count). The van der Waals surface area contributed by atoms with Crippen LogP contribution in [0, 0.1) is 22.7 Å². The molecule has 1 unspecified atom stereocenters. The Morgan fingerprint density at radius 3 is 2.70 bits per heavy atom. The van der Waals surface area contributed by atoms with Crippen LogP contribution in [0.5, 0.6) is 0 Å². The fraction of sp³-hybridized carbons (Fsp3) is 0.640. The third kappa shape index (κ3) is 3.36. The predicted molar refractivity (Wildman–Crippen MR) is 113 cm³/mol. The largest absolute Gasteiger partial charge is 0.481 e. The maximum absolute atomic E-state index is 12.2. The Balaban J connectivity index is 1.74. The molecule has 0 saturated heterocycles. The van der Waals surface area contributed by atoms with Gasteiger partial charge in [-0.05, 0) is 55.9 Å². The number of esters is 1. The lowest BCUT2D eigenvalue weighted by Gasteiger charge is -2.51. The number of fused-ring (bicyclic) bond motifs is 4. The number of ether oxygens (including phenoxy) is 1. The Kier molecular flexibility index (Phi) is 5.27. The molecule has 1 saturated carbocycles. The molecule has 0 bridgehead atoms. The van der Waals surface area contributed by atoms with Crippen LogP contribution in [0.25, 0.3) is 0 Å². The molecule has 1 N–H and O–H groups in total. The van der Waals surface area contributed by atoms with Crippen molar-refractivity contribution < 1.29 is 24.2 Å². The minimum atomic E-state index is -0.743. The fourth-order valence-electron chi connectivity index (χ4n) is 6.57. The van der Waals surface area contributed by atoms with Crippen LogP contribution in [0.4, 0.5) is 0 Å². The molecule has 0 aromatic carbocycles. The van der Waals surface area contributed by atoms with Crippen molar-refractivity contribution in [2.45, 2.75) is 71.6 Å². The molecular formula is C25H32O5. The third-order valence-electron chi connectivity index (χ3n) is 8.35. The van der Waals surface area contributed by atoms with E-state index in [1.807, 2.05) is 6.08 Å². The molecular weight excluding hydrogens is 380 g/mol. The summed E-state index contributed by atoms with van der Waals surface area (Å²) in [4.78, 5) is 35.6. The Hall–Kier alpha value is -2.17. The van der Waals surface area contributed by atoms with Gasteiger partial charge in [-0.15, -0.1) is 0 Å². The molecule has 0 aromatic rings. The highest BCUT2D eigenvalue weighted by atomic mass is 16.5. The highest BCUT2D eigenvalue weighted by Gasteiger charge is 2.52. The first-order valence-corrected chi connectivity index (χ1v) is 11.1. The SMILES string of the molecule is COC(=O)C[C@@H]1CC2=CC(=O)CC[C@]2(C)C2=CCC3=C(CC[C@@]3(C)CCC(=O)O)C21. The van der Waals surface area contributed by atoms with Crippen LogP contribution >= 0.6 is 0 Å². The van der Waals surface area contributed by atoms with Crippen molar-refractivity contribution >= 4 is 17.7 Å². The summed E-state index contributed by atoms with van der Waals surface area (Å²) in [5.74, 6) is -0.454. The lowest BCUT2D eigenvalue weighted by atomic mass is 9.53. The number of carboxylic acid groups (broad SMARTS) is 1. The van der Waals surface area contributed by atoms with Gasteiger partial charge in [0.25, 0.3) is 0 Å².